The van der Waals surface area contributed by atoms with Crippen LogP contribution in [0.5, 0.6) is 0 Å². The molecule has 0 atom stereocenters. The summed E-state index contributed by atoms with van der Waals surface area (Å²) >= 11 is 0. The molecule has 0 unspecified atom stereocenters. The average Bonchev–Trinajstić information content (AvgIpc) is 2.56. The Morgan fingerprint density at radius 2 is 1.91 bits per heavy atom. The Hall–Kier alpha value is -1.92. The van der Waals surface area contributed by atoms with Crippen molar-refractivity contribution in [2.24, 2.45) is 0 Å². The zero-order valence-electron chi connectivity index (χ0n) is 12.9. The maximum absolute atomic E-state index is 12.8. The number of aliphatic hydroxyl groups excluding tert-OH is 1. The second kappa shape index (κ2) is 6.46. The van der Waals surface area contributed by atoms with Crippen LogP contribution in [0.15, 0.2) is 29.1 Å². The summed E-state index contributed by atoms with van der Waals surface area (Å²) in [6.45, 7) is 6.14. The zero-order chi connectivity index (χ0) is 15.5. The molecule has 1 saturated heterocycles. The lowest BCUT2D eigenvalue weighted by Crippen LogP contribution is -2.55. The number of hydrogen-bond donors (Lipinski definition) is 1. The molecule has 1 aliphatic heterocycles. The van der Waals surface area contributed by atoms with Gasteiger partial charge in [0.25, 0.3) is 5.56 Å². The molecule has 0 aliphatic carbocycles. The highest BCUT2D eigenvalue weighted by atomic mass is 16.3. The van der Waals surface area contributed by atoms with Crippen LogP contribution >= 0.6 is 0 Å². The van der Waals surface area contributed by atoms with Gasteiger partial charge < -0.3 is 10.1 Å². The van der Waals surface area contributed by atoms with E-state index >= 15 is 0 Å². The Kier molecular flexibility index (Phi) is 4.40. The molecule has 1 N–H and O–H groups in total. The summed E-state index contributed by atoms with van der Waals surface area (Å²) in [5.74, 6) is 0.805. The molecule has 118 valence electrons. The second-order valence-electron chi connectivity index (χ2n) is 5.53. The summed E-state index contributed by atoms with van der Waals surface area (Å²) < 4.78 is 1.75. The molecule has 0 amide bonds. The summed E-state index contributed by atoms with van der Waals surface area (Å²) in [5, 5.41) is 11.8. The van der Waals surface area contributed by atoms with Gasteiger partial charge in [-0.15, -0.1) is 0 Å². The standard InChI is InChI=1S/C16H22N4O2/c1-2-15-17-14-6-4-3-5-13(14)16(22)20(15)19-9-7-18(8-10-19)11-12-21/h3-6,21H,2,7-12H2,1H3. The van der Waals surface area contributed by atoms with E-state index in [9.17, 15) is 4.79 Å². The molecule has 0 radical (unpaired) electrons. The van der Waals surface area contributed by atoms with E-state index in [2.05, 4.69) is 14.9 Å². The van der Waals surface area contributed by atoms with Crippen molar-refractivity contribution in [2.75, 3.05) is 44.3 Å². The fourth-order valence-corrected chi connectivity index (χ4v) is 2.99. The fraction of sp³-hybridized carbons (Fsp3) is 0.500. The molecule has 6 nitrogen and oxygen atoms in total. The topological polar surface area (TPSA) is 61.6 Å². The average molecular weight is 302 g/mol. The van der Waals surface area contributed by atoms with Crippen molar-refractivity contribution in [3.63, 3.8) is 0 Å². The molecule has 0 spiro atoms. The Balaban J connectivity index is 1.96. The van der Waals surface area contributed by atoms with Gasteiger partial charge in [-0.1, -0.05) is 19.1 Å². The molecule has 2 aromatic rings. The Morgan fingerprint density at radius 3 is 2.59 bits per heavy atom. The normalized spacial score (nSPS) is 16.4. The van der Waals surface area contributed by atoms with Crippen molar-refractivity contribution < 1.29 is 5.11 Å². The molecular weight excluding hydrogens is 280 g/mol. The number of aliphatic hydroxyl groups is 1. The Morgan fingerprint density at radius 1 is 1.18 bits per heavy atom. The number of β-amino-alcohol motifs (C(OH)–C–C–N with tert-alkyl or cyclic N) is 1. The smallest absolute Gasteiger partial charge is 0.280 e. The monoisotopic (exact) mass is 302 g/mol. The number of hydrogen-bond acceptors (Lipinski definition) is 5. The van der Waals surface area contributed by atoms with Crippen molar-refractivity contribution >= 4 is 10.9 Å². The van der Waals surface area contributed by atoms with Crippen LogP contribution < -0.4 is 10.6 Å². The fourth-order valence-electron chi connectivity index (χ4n) is 2.99. The van der Waals surface area contributed by atoms with Crippen LogP contribution in [0.2, 0.25) is 0 Å². The van der Waals surface area contributed by atoms with Crippen molar-refractivity contribution in [3.8, 4) is 0 Å². The summed E-state index contributed by atoms with van der Waals surface area (Å²) in [5.41, 5.74) is 0.776. The summed E-state index contributed by atoms with van der Waals surface area (Å²) in [6.07, 6.45) is 0.719. The van der Waals surface area contributed by atoms with Crippen LogP contribution in [0.1, 0.15) is 12.7 Å². The van der Waals surface area contributed by atoms with Crippen LogP contribution in [0.3, 0.4) is 0 Å². The summed E-state index contributed by atoms with van der Waals surface area (Å²) in [4.78, 5) is 19.7. The van der Waals surface area contributed by atoms with Gasteiger partial charge in [-0.2, -0.15) is 0 Å². The molecular formula is C16H22N4O2. The molecule has 0 bridgehead atoms. The lowest BCUT2D eigenvalue weighted by atomic mass is 10.2. The zero-order valence-corrected chi connectivity index (χ0v) is 12.9. The first-order valence-electron chi connectivity index (χ1n) is 7.83. The first-order chi connectivity index (χ1) is 10.7. The minimum Gasteiger partial charge on any atom is -0.395 e. The molecule has 1 fully saturated rings. The number of fused-ring (bicyclic) bond motifs is 1. The Labute approximate surface area is 129 Å². The molecule has 22 heavy (non-hydrogen) atoms. The van der Waals surface area contributed by atoms with Gasteiger partial charge in [0.2, 0.25) is 0 Å². The molecule has 2 heterocycles. The number of benzene rings is 1. The predicted molar refractivity (Wildman–Crippen MR) is 86.9 cm³/mol. The lowest BCUT2D eigenvalue weighted by Gasteiger charge is -2.37. The first-order valence-corrected chi connectivity index (χ1v) is 7.83. The molecule has 1 aromatic carbocycles. The molecule has 1 aliphatic rings. The quantitative estimate of drug-likeness (QED) is 0.874. The van der Waals surface area contributed by atoms with Gasteiger partial charge in [-0.25, -0.2) is 9.66 Å². The maximum atomic E-state index is 12.8. The molecule has 3 rings (SSSR count). The van der Waals surface area contributed by atoms with Crippen molar-refractivity contribution in [2.45, 2.75) is 13.3 Å². The third kappa shape index (κ3) is 2.71. The van der Waals surface area contributed by atoms with E-state index in [1.165, 1.54) is 0 Å². The van der Waals surface area contributed by atoms with Gasteiger partial charge >= 0.3 is 0 Å². The largest absolute Gasteiger partial charge is 0.395 e. The number of nitrogens with zero attached hydrogens (tertiary/aromatic N) is 4. The van der Waals surface area contributed by atoms with Crippen LogP contribution in [0.4, 0.5) is 0 Å². The van der Waals surface area contributed by atoms with E-state index in [1.807, 2.05) is 31.2 Å². The van der Waals surface area contributed by atoms with Gasteiger partial charge in [-0.3, -0.25) is 9.69 Å². The number of aryl methyl sites for hydroxylation is 1. The third-order valence-corrected chi connectivity index (χ3v) is 4.18. The lowest BCUT2D eigenvalue weighted by molar-refractivity contribution is 0.180. The van der Waals surface area contributed by atoms with E-state index in [0.29, 0.717) is 11.9 Å². The maximum Gasteiger partial charge on any atom is 0.280 e. The third-order valence-electron chi connectivity index (χ3n) is 4.18. The second-order valence-corrected chi connectivity index (χ2v) is 5.53. The van der Waals surface area contributed by atoms with Crippen LogP contribution in [-0.4, -0.2) is 59.0 Å². The molecule has 0 saturated carbocycles. The van der Waals surface area contributed by atoms with Gasteiger partial charge in [0.15, 0.2) is 0 Å². The minimum atomic E-state index is 0.0121. The number of para-hydroxylation sites is 1. The van der Waals surface area contributed by atoms with Crippen LogP contribution in [0.25, 0.3) is 10.9 Å². The van der Waals surface area contributed by atoms with E-state index in [0.717, 1.165) is 43.9 Å². The van der Waals surface area contributed by atoms with Gasteiger partial charge in [0.1, 0.15) is 5.82 Å². The number of aromatic nitrogens is 2. The summed E-state index contributed by atoms with van der Waals surface area (Å²) in [7, 11) is 0. The van der Waals surface area contributed by atoms with Crippen molar-refractivity contribution in [1.82, 2.24) is 14.6 Å². The Bertz CT molecular complexity index is 705. The van der Waals surface area contributed by atoms with Crippen molar-refractivity contribution in [1.29, 1.82) is 0 Å². The number of piperazine rings is 1. The summed E-state index contributed by atoms with van der Waals surface area (Å²) in [6, 6.07) is 7.51. The first kappa shape index (κ1) is 15.0. The highest BCUT2D eigenvalue weighted by Crippen LogP contribution is 2.10. The van der Waals surface area contributed by atoms with E-state index in [-0.39, 0.29) is 12.2 Å². The highest BCUT2D eigenvalue weighted by Gasteiger charge is 2.20. The minimum absolute atomic E-state index is 0.0121. The van der Waals surface area contributed by atoms with Crippen LogP contribution in [-0.2, 0) is 6.42 Å². The van der Waals surface area contributed by atoms with Gasteiger partial charge in [0, 0.05) is 39.1 Å². The highest BCUT2D eigenvalue weighted by molar-refractivity contribution is 5.77. The van der Waals surface area contributed by atoms with Gasteiger partial charge in [-0.05, 0) is 12.1 Å². The SMILES string of the molecule is CCc1nc2ccccc2c(=O)n1N1CCN(CCO)CC1. The van der Waals surface area contributed by atoms with E-state index < -0.39 is 0 Å². The van der Waals surface area contributed by atoms with Gasteiger partial charge in [0.05, 0.1) is 17.5 Å². The molecule has 6 heteroatoms. The van der Waals surface area contributed by atoms with Crippen LogP contribution in [0, 0.1) is 0 Å². The van der Waals surface area contributed by atoms with E-state index in [4.69, 9.17) is 5.11 Å². The molecule has 1 aromatic heterocycles. The van der Waals surface area contributed by atoms with E-state index in [1.54, 1.807) is 4.68 Å². The van der Waals surface area contributed by atoms with Crippen molar-refractivity contribution in [3.05, 3.63) is 40.4 Å². The predicted octanol–water partition coefficient (Wildman–Crippen LogP) is 0.205. The number of rotatable bonds is 4.